The number of alkyl halides is 2. The molecule has 0 aromatic rings. The van der Waals surface area contributed by atoms with Crippen molar-refractivity contribution in [2.75, 3.05) is 20.7 Å². The summed E-state index contributed by atoms with van der Waals surface area (Å²) in [5.41, 5.74) is -1.60. The van der Waals surface area contributed by atoms with Crippen LogP contribution in [0.1, 0.15) is 6.42 Å². The fourth-order valence-electron chi connectivity index (χ4n) is 1.32. The molecule has 0 radical (unpaired) electrons. The zero-order valence-electron chi connectivity index (χ0n) is 6.99. The lowest BCUT2D eigenvalue weighted by Crippen LogP contribution is -2.33. The van der Waals surface area contributed by atoms with E-state index in [-0.39, 0.29) is 6.54 Å². The van der Waals surface area contributed by atoms with Crippen LogP contribution in [0.25, 0.3) is 0 Å². The summed E-state index contributed by atoms with van der Waals surface area (Å²) in [6.07, 6.45) is -0.409. The van der Waals surface area contributed by atoms with Gasteiger partial charge in [0.05, 0.1) is 7.11 Å². The van der Waals surface area contributed by atoms with Crippen molar-refractivity contribution in [2.24, 2.45) is 5.41 Å². The number of ether oxygens (including phenoxy) is 1. The van der Waals surface area contributed by atoms with Crippen LogP contribution in [0.4, 0.5) is 8.78 Å². The fourth-order valence-corrected chi connectivity index (χ4v) is 1.32. The summed E-state index contributed by atoms with van der Waals surface area (Å²) in [6, 6.07) is 0. The molecule has 0 amide bonds. The number of carbonyl (C=O) groups excluding carboxylic acids is 1. The van der Waals surface area contributed by atoms with E-state index in [9.17, 15) is 13.6 Å². The van der Waals surface area contributed by atoms with Gasteiger partial charge in [-0.2, -0.15) is 0 Å². The number of carbonyl (C=O) groups is 1. The van der Waals surface area contributed by atoms with Crippen LogP contribution in [0.2, 0.25) is 0 Å². The molecule has 0 heterocycles. The zero-order chi connectivity index (χ0) is 9.41. The number of esters is 1. The molecule has 5 heteroatoms. The van der Waals surface area contributed by atoms with E-state index >= 15 is 0 Å². The lowest BCUT2D eigenvalue weighted by molar-refractivity contribution is -0.151. The molecule has 0 saturated heterocycles. The molecule has 0 aromatic heterocycles. The molecule has 0 spiro atoms. The van der Waals surface area contributed by atoms with Gasteiger partial charge in [0, 0.05) is 13.0 Å². The lowest BCUT2D eigenvalue weighted by atomic mass is 10.1. The first-order valence-corrected chi connectivity index (χ1v) is 3.61. The number of methoxy groups -OCH3 is 1. The molecule has 0 bridgehead atoms. The number of hydrogen-bond acceptors (Lipinski definition) is 3. The topological polar surface area (TPSA) is 38.3 Å². The summed E-state index contributed by atoms with van der Waals surface area (Å²) < 4.78 is 29.8. The van der Waals surface area contributed by atoms with Gasteiger partial charge >= 0.3 is 5.97 Å². The summed E-state index contributed by atoms with van der Waals surface area (Å²) in [4.78, 5) is 11.0. The molecule has 1 rings (SSSR count). The van der Waals surface area contributed by atoms with Gasteiger partial charge < -0.3 is 10.1 Å². The number of rotatable bonds is 3. The monoisotopic (exact) mass is 179 g/mol. The molecule has 70 valence electrons. The molecular formula is C7H11F2NO2. The third-order valence-corrected chi connectivity index (χ3v) is 2.15. The summed E-state index contributed by atoms with van der Waals surface area (Å²) in [5, 5.41) is 2.56. The van der Waals surface area contributed by atoms with Gasteiger partial charge in [-0.05, 0) is 7.05 Å². The van der Waals surface area contributed by atoms with Crippen LogP contribution in [-0.2, 0) is 9.53 Å². The van der Waals surface area contributed by atoms with Crippen molar-refractivity contribution in [3.63, 3.8) is 0 Å². The molecule has 1 N–H and O–H groups in total. The third-order valence-electron chi connectivity index (χ3n) is 2.15. The van der Waals surface area contributed by atoms with Crippen LogP contribution in [0.5, 0.6) is 0 Å². The number of hydrogen-bond donors (Lipinski definition) is 1. The van der Waals surface area contributed by atoms with Gasteiger partial charge in [0.2, 0.25) is 0 Å². The highest BCUT2D eigenvalue weighted by molar-refractivity contribution is 5.82. The average Bonchev–Trinajstić information content (AvgIpc) is 2.54. The van der Waals surface area contributed by atoms with Crippen molar-refractivity contribution in [3.8, 4) is 0 Å². The Morgan fingerprint density at radius 3 is 2.42 bits per heavy atom. The first-order valence-electron chi connectivity index (χ1n) is 3.61. The van der Waals surface area contributed by atoms with Gasteiger partial charge in [0.25, 0.3) is 5.92 Å². The van der Waals surface area contributed by atoms with Gasteiger partial charge in [-0.1, -0.05) is 0 Å². The van der Waals surface area contributed by atoms with Gasteiger partial charge in [0.15, 0.2) is 0 Å². The Kier molecular flexibility index (Phi) is 2.07. The van der Waals surface area contributed by atoms with Crippen molar-refractivity contribution in [2.45, 2.75) is 12.3 Å². The number of nitrogens with one attached hydrogen (secondary N) is 1. The van der Waals surface area contributed by atoms with Crippen LogP contribution in [0.15, 0.2) is 0 Å². The maximum atomic E-state index is 12.7. The third kappa shape index (κ3) is 1.08. The minimum absolute atomic E-state index is 0.0350. The molecule has 1 fully saturated rings. The van der Waals surface area contributed by atoms with E-state index in [1.807, 2.05) is 0 Å². The van der Waals surface area contributed by atoms with E-state index < -0.39 is 23.7 Å². The second-order valence-electron chi connectivity index (χ2n) is 2.99. The first-order chi connectivity index (χ1) is 5.50. The van der Waals surface area contributed by atoms with Crippen LogP contribution >= 0.6 is 0 Å². The Bertz CT molecular complexity index is 208. The largest absolute Gasteiger partial charge is 0.468 e. The Hall–Kier alpha value is -0.710. The summed E-state index contributed by atoms with van der Waals surface area (Å²) in [5.74, 6) is -3.73. The van der Waals surface area contributed by atoms with Crippen molar-refractivity contribution >= 4 is 5.97 Å². The predicted octanol–water partition coefficient (Wildman–Crippen LogP) is 0.404. The Morgan fingerprint density at radius 2 is 2.17 bits per heavy atom. The highest BCUT2D eigenvalue weighted by atomic mass is 19.3. The second-order valence-corrected chi connectivity index (χ2v) is 2.99. The summed E-state index contributed by atoms with van der Waals surface area (Å²) in [7, 11) is 2.65. The second kappa shape index (κ2) is 2.65. The summed E-state index contributed by atoms with van der Waals surface area (Å²) >= 11 is 0. The van der Waals surface area contributed by atoms with E-state index in [1.54, 1.807) is 0 Å². The van der Waals surface area contributed by atoms with Crippen molar-refractivity contribution in [1.82, 2.24) is 5.32 Å². The summed E-state index contributed by atoms with van der Waals surface area (Å²) in [6.45, 7) is -0.0350. The molecule has 1 aliphatic rings. The maximum Gasteiger partial charge on any atom is 0.319 e. The molecule has 3 nitrogen and oxygen atoms in total. The highest BCUT2D eigenvalue weighted by Crippen LogP contribution is 2.60. The van der Waals surface area contributed by atoms with E-state index in [1.165, 1.54) is 7.05 Å². The van der Waals surface area contributed by atoms with E-state index in [0.717, 1.165) is 7.11 Å². The van der Waals surface area contributed by atoms with Gasteiger partial charge in [-0.15, -0.1) is 0 Å². The molecule has 0 aromatic carbocycles. The minimum Gasteiger partial charge on any atom is -0.468 e. The average molecular weight is 179 g/mol. The molecule has 0 aliphatic heterocycles. The Morgan fingerprint density at radius 1 is 1.67 bits per heavy atom. The van der Waals surface area contributed by atoms with Crippen molar-refractivity contribution in [1.29, 1.82) is 0 Å². The maximum absolute atomic E-state index is 12.7. The van der Waals surface area contributed by atoms with Crippen LogP contribution < -0.4 is 5.32 Å². The zero-order valence-corrected chi connectivity index (χ0v) is 6.99. The molecular weight excluding hydrogens is 168 g/mol. The Labute approximate surface area is 69.1 Å². The molecule has 1 atom stereocenters. The van der Waals surface area contributed by atoms with Gasteiger partial charge in [0.1, 0.15) is 5.41 Å². The quantitative estimate of drug-likeness (QED) is 0.637. The van der Waals surface area contributed by atoms with Crippen molar-refractivity contribution in [3.05, 3.63) is 0 Å². The van der Waals surface area contributed by atoms with Crippen LogP contribution in [-0.4, -0.2) is 32.6 Å². The van der Waals surface area contributed by atoms with Gasteiger partial charge in [-0.3, -0.25) is 4.79 Å². The standard InChI is InChI=1S/C7H11F2NO2/c1-10-4-6(5(11)12-2)3-7(6,8)9/h10H,3-4H2,1-2H3. The highest BCUT2D eigenvalue weighted by Gasteiger charge is 2.76. The lowest BCUT2D eigenvalue weighted by Gasteiger charge is -2.12. The molecule has 1 aliphatic carbocycles. The molecule has 1 unspecified atom stereocenters. The smallest absolute Gasteiger partial charge is 0.319 e. The van der Waals surface area contributed by atoms with Gasteiger partial charge in [-0.25, -0.2) is 8.78 Å². The predicted molar refractivity (Wildman–Crippen MR) is 37.9 cm³/mol. The SMILES string of the molecule is CNCC1(C(=O)OC)CC1(F)F. The number of halogens is 2. The van der Waals surface area contributed by atoms with E-state index in [2.05, 4.69) is 10.1 Å². The molecule has 1 saturated carbocycles. The first kappa shape index (κ1) is 9.38. The Balaban J connectivity index is 2.72. The van der Waals surface area contributed by atoms with E-state index in [4.69, 9.17) is 0 Å². The fraction of sp³-hybridized carbons (Fsp3) is 0.857. The van der Waals surface area contributed by atoms with Crippen LogP contribution in [0.3, 0.4) is 0 Å². The van der Waals surface area contributed by atoms with E-state index in [0.29, 0.717) is 0 Å². The van der Waals surface area contributed by atoms with Crippen LogP contribution in [0, 0.1) is 5.41 Å². The van der Waals surface area contributed by atoms with Crippen molar-refractivity contribution < 1.29 is 18.3 Å². The normalized spacial score (nSPS) is 31.3. The minimum atomic E-state index is -2.90. The molecule has 12 heavy (non-hydrogen) atoms.